The molecule has 19 heavy (non-hydrogen) atoms. The zero-order chi connectivity index (χ0) is 13.4. The van der Waals surface area contributed by atoms with Crippen LogP contribution in [0.25, 0.3) is 11.0 Å². The highest BCUT2D eigenvalue weighted by atomic mass is 35.5. The molecule has 1 N–H and O–H groups in total. The average Bonchev–Trinajstić information content (AvgIpc) is 3.03. The number of hydrogen-bond donors (Lipinski definition) is 1. The first-order valence-corrected chi connectivity index (χ1v) is 7.05. The Kier molecular flexibility index (Phi) is 3.52. The van der Waals surface area contributed by atoms with Crippen LogP contribution in [0.3, 0.4) is 0 Å². The van der Waals surface area contributed by atoms with Crippen LogP contribution in [0.5, 0.6) is 0 Å². The summed E-state index contributed by atoms with van der Waals surface area (Å²) in [6, 6.07) is 7.34. The molecular weight excluding hydrogens is 264 g/mol. The molecule has 0 amide bonds. The minimum atomic E-state index is -0.612. The van der Waals surface area contributed by atoms with E-state index in [-0.39, 0.29) is 12.0 Å². The Morgan fingerprint density at radius 2 is 2.26 bits per heavy atom. The van der Waals surface area contributed by atoms with E-state index >= 15 is 0 Å². The fourth-order valence-corrected chi connectivity index (χ4v) is 3.02. The third kappa shape index (κ3) is 2.38. The van der Waals surface area contributed by atoms with Gasteiger partial charge in [0.2, 0.25) is 0 Å². The van der Waals surface area contributed by atoms with E-state index in [4.69, 9.17) is 20.8 Å². The molecule has 1 aliphatic rings. The molecule has 3 unspecified atom stereocenters. The van der Waals surface area contributed by atoms with Crippen LogP contribution in [0.15, 0.2) is 28.7 Å². The fraction of sp³-hybridized carbons (Fsp3) is 0.467. The molecule has 0 spiro atoms. The van der Waals surface area contributed by atoms with Crippen LogP contribution >= 0.6 is 11.6 Å². The van der Waals surface area contributed by atoms with Crippen molar-refractivity contribution in [3.63, 3.8) is 0 Å². The van der Waals surface area contributed by atoms with Crippen molar-refractivity contribution in [3.05, 3.63) is 35.0 Å². The van der Waals surface area contributed by atoms with Crippen molar-refractivity contribution in [2.75, 3.05) is 6.61 Å². The number of ether oxygens (including phenoxy) is 1. The maximum atomic E-state index is 10.5. The number of aliphatic hydroxyl groups excluding tert-OH is 1. The molecular formula is C15H17ClO3. The molecule has 3 rings (SSSR count). The largest absolute Gasteiger partial charge is 0.458 e. The van der Waals surface area contributed by atoms with Crippen LogP contribution in [0, 0.1) is 5.92 Å². The molecule has 2 aromatic rings. The number of furan rings is 1. The molecule has 0 bridgehead atoms. The lowest BCUT2D eigenvalue weighted by Crippen LogP contribution is -2.21. The predicted octanol–water partition coefficient (Wildman–Crippen LogP) is 3.93. The SMILES string of the molecule is CCC1OCCC1C(O)c1cc2cc(Cl)ccc2o1. The van der Waals surface area contributed by atoms with Gasteiger partial charge in [-0.3, -0.25) is 0 Å². The van der Waals surface area contributed by atoms with Gasteiger partial charge in [-0.25, -0.2) is 0 Å². The number of hydrogen-bond acceptors (Lipinski definition) is 3. The summed E-state index contributed by atoms with van der Waals surface area (Å²) >= 11 is 5.96. The smallest absolute Gasteiger partial charge is 0.134 e. The predicted molar refractivity (Wildman–Crippen MR) is 74.3 cm³/mol. The first-order valence-electron chi connectivity index (χ1n) is 6.67. The lowest BCUT2D eigenvalue weighted by atomic mass is 9.92. The summed E-state index contributed by atoms with van der Waals surface area (Å²) in [7, 11) is 0. The third-order valence-electron chi connectivity index (χ3n) is 3.86. The summed E-state index contributed by atoms with van der Waals surface area (Å²) in [5, 5.41) is 12.1. The lowest BCUT2D eigenvalue weighted by molar-refractivity contribution is 0.0218. The molecule has 0 radical (unpaired) electrons. The maximum Gasteiger partial charge on any atom is 0.134 e. The average molecular weight is 281 g/mol. The first-order chi connectivity index (χ1) is 9.19. The van der Waals surface area contributed by atoms with E-state index in [1.54, 1.807) is 6.07 Å². The summed E-state index contributed by atoms with van der Waals surface area (Å²) < 4.78 is 11.4. The Morgan fingerprint density at radius 1 is 1.42 bits per heavy atom. The Balaban J connectivity index is 1.90. The molecule has 3 nitrogen and oxygen atoms in total. The number of halogens is 1. The lowest BCUT2D eigenvalue weighted by Gasteiger charge is -2.20. The normalized spacial score (nSPS) is 25.0. The van der Waals surface area contributed by atoms with E-state index < -0.39 is 6.10 Å². The third-order valence-corrected chi connectivity index (χ3v) is 4.09. The Morgan fingerprint density at radius 3 is 3.05 bits per heavy atom. The zero-order valence-electron chi connectivity index (χ0n) is 10.8. The maximum absolute atomic E-state index is 10.5. The number of rotatable bonds is 3. The van der Waals surface area contributed by atoms with Gasteiger partial charge in [0.05, 0.1) is 6.10 Å². The molecule has 1 aromatic heterocycles. The minimum Gasteiger partial charge on any atom is -0.458 e. The van der Waals surface area contributed by atoms with E-state index in [1.807, 2.05) is 18.2 Å². The van der Waals surface area contributed by atoms with Crippen molar-refractivity contribution >= 4 is 22.6 Å². The van der Waals surface area contributed by atoms with Gasteiger partial charge in [0.1, 0.15) is 17.4 Å². The van der Waals surface area contributed by atoms with E-state index in [2.05, 4.69) is 6.92 Å². The van der Waals surface area contributed by atoms with Gasteiger partial charge in [-0.2, -0.15) is 0 Å². The molecule has 1 aliphatic heterocycles. The van der Waals surface area contributed by atoms with Crippen molar-refractivity contribution in [1.29, 1.82) is 0 Å². The highest BCUT2D eigenvalue weighted by molar-refractivity contribution is 6.31. The van der Waals surface area contributed by atoms with E-state index in [9.17, 15) is 5.11 Å². The van der Waals surface area contributed by atoms with Crippen molar-refractivity contribution in [3.8, 4) is 0 Å². The van der Waals surface area contributed by atoms with Crippen LogP contribution in [0.4, 0.5) is 0 Å². The van der Waals surface area contributed by atoms with Crippen molar-refractivity contribution in [1.82, 2.24) is 0 Å². The summed E-state index contributed by atoms with van der Waals surface area (Å²) in [6.07, 6.45) is 1.29. The number of fused-ring (bicyclic) bond motifs is 1. The second-order valence-corrected chi connectivity index (χ2v) is 5.48. The van der Waals surface area contributed by atoms with Gasteiger partial charge in [0, 0.05) is 22.9 Å². The molecule has 3 atom stereocenters. The van der Waals surface area contributed by atoms with Crippen molar-refractivity contribution in [2.45, 2.75) is 32.0 Å². The zero-order valence-corrected chi connectivity index (χ0v) is 11.6. The topological polar surface area (TPSA) is 42.6 Å². The summed E-state index contributed by atoms with van der Waals surface area (Å²) in [4.78, 5) is 0. The van der Waals surface area contributed by atoms with Crippen LogP contribution in [0.1, 0.15) is 31.6 Å². The van der Waals surface area contributed by atoms with E-state index in [0.717, 1.165) is 23.8 Å². The highest BCUT2D eigenvalue weighted by Crippen LogP contribution is 2.37. The summed E-state index contributed by atoms with van der Waals surface area (Å²) in [6.45, 7) is 2.79. The van der Waals surface area contributed by atoms with Gasteiger partial charge in [-0.1, -0.05) is 18.5 Å². The summed E-state index contributed by atoms with van der Waals surface area (Å²) in [5.74, 6) is 0.715. The van der Waals surface area contributed by atoms with Crippen LogP contribution in [-0.4, -0.2) is 17.8 Å². The molecule has 0 saturated carbocycles. The molecule has 1 aromatic carbocycles. The quantitative estimate of drug-likeness (QED) is 0.926. The Bertz CT molecular complexity index is 578. The highest BCUT2D eigenvalue weighted by Gasteiger charge is 2.35. The van der Waals surface area contributed by atoms with Crippen molar-refractivity contribution in [2.24, 2.45) is 5.92 Å². The fourth-order valence-electron chi connectivity index (χ4n) is 2.84. The molecule has 1 fully saturated rings. The van der Waals surface area contributed by atoms with E-state index in [1.165, 1.54) is 0 Å². The van der Waals surface area contributed by atoms with Gasteiger partial charge in [-0.05, 0) is 37.1 Å². The minimum absolute atomic E-state index is 0.112. The second kappa shape index (κ2) is 5.16. The second-order valence-electron chi connectivity index (χ2n) is 5.05. The van der Waals surface area contributed by atoms with Crippen LogP contribution in [-0.2, 0) is 4.74 Å². The molecule has 102 valence electrons. The van der Waals surface area contributed by atoms with Crippen molar-refractivity contribution < 1.29 is 14.3 Å². The van der Waals surface area contributed by atoms with Gasteiger partial charge < -0.3 is 14.3 Å². The van der Waals surface area contributed by atoms with E-state index in [0.29, 0.717) is 17.4 Å². The molecule has 0 aliphatic carbocycles. The van der Waals surface area contributed by atoms with Gasteiger partial charge in [-0.15, -0.1) is 0 Å². The van der Waals surface area contributed by atoms with Gasteiger partial charge >= 0.3 is 0 Å². The number of aliphatic hydroxyl groups is 1. The monoisotopic (exact) mass is 280 g/mol. The standard InChI is InChI=1S/C15H17ClO3/c1-2-12-11(5-6-18-12)15(17)14-8-9-7-10(16)3-4-13(9)19-14/h3-4,7-8,11-12,15,17H,2,5-6H2,1H3. The number of benzene rings is 1. The Labute approximate surface area is 117 Å². The molecule has 1 saturated heterocycles. The van der Waals surface area contributed by atoms with Crippen LogP contribution in [0.2, 0.25) is 5.02 Å². The molecule has 2 heterocycles. The summed E-state index contributed by atoms with van der Waals surface area (Å²) in [5.41, 5.74) is 0.755. The van der Waals surface area contributed by atoms with Crippen LogP contribution < -0.4 is 0 Å². The first kappa shape index (κ1) is 13.0. The molecule has 4 heteroatoms. The van der Waals surface area contributed by atoms with Gasteiger partial charge in [0.25, 0.3) is 0 Å². The Hall–Kier alpha value is -1.03. The van der Waals surface area contributed by atoms with Gasteiger partial charge in [0.15, 0.2) is 0 Å².